The van der Waals surface area contributed by atoms with E-state index in [1.54, 1.807) is 6.07 Å². The van der Waals surface area contributed by atoms with Gasteiger partial charge in [0.05, 0.1) is 6.61 Å². The van der Waals surface area contributed by atoms with Gasteiger partial charge in [0.1, 0.15) is 5.75 Å². The molecule has 0 radical (unpaired) electrons. The fourth-order valence-electron chi connectivity index (χ4n) is 3.54. The third-order valence-corrected chi connectivity index (χ3v) is 5.73. The molecular formula is C27H44O4. The molecule has 0 fully saturated rings. The molecule has 1 aromatic rings. The molecule has 0 aliphatic heterocycles. The third-order valence-electron chi connectivity index (χ3n) is 5.73. The van der Waals surface area contributed by atoms with Crippen molar-refractivity contribution in [2.24, 2.45) is 0 Å². The number of unbranched alkanes of at least 4 members (excludes halogenated alkanes) is 11. The summed E-state index contributed by atoms with van der Waals surface area (Å²) in [5.41, 5.74) is 2.25. The van der Waals surface area contributed by atoms with Crippen LogP contribution in [0.3, 0.4) is 0 Å². The molecule has 0 heterocycles. The number of rotatable bonds is 18. The molecule has 0 aliphatic carbocycles. The Bertz CT molecular complexity index is 624. The maximum atomic E-state index is 11.9. The molecule has 0 aliphatic rings. The molecule has 4 heteroatoms. The van der Waals surface area contributed by atoms with Crippen LogP contribution in [0.4, 0.5) is 0 Å². The topological polar surface area (TPSA) is 52.6 Å². The van der Waals surface area contributed by atoms with Gasteiger partial charge in [0.2, 0.25) is 0 Å². The molecule has 0 saturated heterocycles. The summed E-state index contributed by atoms with van der Waals surface area (Å²) in [6.45, 7) is 6.75. The fraction of sp³-hybridized carbons (Fsp3) is 0.704. The van der Waals surface area contributed by atoms with Crippen LogP contribution in [0.25, 0.3) is 0 Å². The number of ether oxygens (including phenoxy) is 2. The lowest BCUT2D eigenvalue weighted by atomic mass is 10.1. The molecule has 0 bridgehead atoms. The average molecular weight is 433 g/mol. The van der Waals surface area contributed by atoms with E-state index in [1.165, 1.54) is 64.2 Å². The van der Waals surface area contributed by atoms with Gasteiger partial charge < -0.3 is 9.47 Å². The van der Waals surface area contributed by atoms with Gasteiger partial charge in [-0.2, -0.15) is 0 Å². The summed E-state index contributed by atoms with van der Waals surface area (Å²) in [6.07, 6.45) is 16.4. The average Bonchev–Trinajstić information content (AvgIpc) is 2.74. The maximum Gasteiger partial charge on any atom is 0.311 e. The predicted molar refractivity (Wildman–Crippen MR) is 127 cm³/mol. The quantitative estimate of drug-likeness (QED) is 0.136. The van der Waals surface area contributed by atoms with E-state index in [4.69, 9.17) is 9.47 Å². The first kappa shape index (κ1) is 27.2. The van der Waals surface area contributed by atoms with Gasteiger partial charge in [-0.15, -0.1) is 0 Å². The SMILES string of the molecule is CCCCCCCCCCCCCCOC(=O)CCCC(=O)Oc1ccc(C)c(C)c1. The van der Waals surface area contributed by atoms with Gasteiger partial charge in [0.25, 0.3) is 0 Å². The molecule has 0 amide bonds. The number of esters is 2. The minimum Gasteiger partial charge on any atom is -0.466 e. The summed E-state index contributed by atoms with van der Waals surface area (Å²) in [7, 11) is 0. The Kier molecular flexibility index (Phi) is 15.6. The second-order valence-corrected chi connectivity index (χ2v) is 8.68. The lowest BCUT2D eigenvalue weighted by molar-refractivity contribution is -0.144. The Morgan fingerprint density at radius 2 is 1.23 bits per heavy atom. The second-order valence-electron chi connectivity index (χ2n) is 8.68. The van der Waals surface area contributed by atoms with Crippen molar-refractivity contribution in [3.05, 3.63) is 29.3 Å². The molecule has 0 atom stereocenters. The Labute approximate surface area is 190 Å². The fourth-order valence-corrected chi connectivity index (χ4v) is 3.54. The van der Waals surface area contributed by atoms with E-state index < -0.39 is 0 Å². The van der Waals surface area contributed by atoms with Gasteiger partial charge in [-0.1, -0.05) is 83.6 Å². The maximum absolute atomic E-state index is 11.9. The van der Waals surface area contributed by atoms with Crippen molar-refractivity contribution in [1.82, 2.24) is 0 Å². The van der Waals surface area contributed by atoms with E-state index in [2.05, 4.69) is 6.92 Å². The van der Waals surface area contributed by atoms with E-state index in [0.29, 0.717) is 18.8 Å². The molecule has 1 aromatic carbocycles. The molecule has 0 N–H and O–H groups in total. The van der Waals surface area contributed by atoms with Crippen LogP contribution in [0.5, 0.6) is 5.75 Å². The minimum atomic E-state index is -0.308. The van der Waals surface area contributed by atoms with Crippen molar-refractivity contribution in [2.75, 3.05) is 6.61 Å². The van der Waals surface area contributed by atoms with Crippen molar-refractivity contribution in [3.63, 3.8) is 0 Å². The highest BCUT2D eigenvalue weighted by atomic mass is 16.5. The summed E-state index contributed by atoms with van der Waals surface area (Å²) in [4.78, 5) is 23.7. The Morgan fingerprint density at radius 3 is 1.81 bits per heavy atom. The van der Waals surface area contributed by atoms with Gasteiger partial charge in [0, 0.05) is 12.8 Å². The van der Waals surface area contributed by atoms with Gasteiger partial charge in [-0.25, -0.2) is 0 Å². The van der Waals surface area contributed by atoms with Gasteiger partial charge >= 0.3 is 11.9 Å². The largest absolute Gasteiger partial charge is 0.466 e. The smallest absolute Gasteiger partial charge is 0.311 e. The molecule has 31 heavy (non-hydrogen) atoms. The van der Waals surface area contributed by atoms with Crippen LogP contribution in [0.1, 0.15) is 114 Å². The van der Waals surface area contributed by atoms with Crippen molar-refractivity contribution < 1.29 is 19.1 Å². The number of hydrogen-bond donors (Lipinski definition) is 0. The minimum absolute atomic E-state index is 0.220. The van der Waals surface area contributed by atoms with Gasteiger partial charge in [-0.3, -0.25) is 9.59 Å². The van der Waals surface area contributed by atoms with Crippen molar-refractivity contribution in [2.45, 2.75) is 117 Å². The zero-order chi connectivity index (χ0) is 22.7. The molecule has 176 valence electrons. The molecular weight excluding hydrogens is 388 g/mol. The normalized spacial score (nSPS) is 10.8. The standard InChI is InChI=1S/C27H44O4/c1-4-5-6-7-8-9-10-11-12-13-14-15-21-30-26(28)17-16-18-27(29)31-25-20-19-23(2)24(3)22-25/h19-20,22H,4-18,21H2,1-3H3. The molecule has 4 nitrogen and oxygen atoms in total. The number of carbonyl (C=O) groups is 2. The molecule has 0 spiro atoms. The van der Waals surface area contributed by atoms with Crippen LogP contribution < -0.4 is 4.74 Å². The highest BCUT2D eigenvalue weighted by Crippen LogP contribution is 2.17. The van der Waals surface area contributed by atoms with Crippen molar-refractivity contribution in [3.8, 4) is 5.75 Å². The van der Waals surface area contributed by atoms with Crippen LogP contribution in [-0.4, -0.2) is 18.5 Å². The molecule has 1 rings (SSSR count). The van der Waals surface area contributed by atoms with Crippen LogP contribution in [0, 0.1) is 13.8 Å². The molecule has 0 unspecified atom stereocenters. The highest BCUT2D eigenvalue weighted by Gasteiger charge is 2.09. The number of carbonyl (C=O) groups excluding carboxylic acids is 2. The first-order valence-corrected chi connectivity index (χ1v) is 12.5. The zero-order valence-electron chi connectivity index (χ0n) is 20.2. The summed E-state index contributed by atoms with van der Waals surface area (Å²) >= 11 is 0. The van der Waals surface area contributed by atoms with E-state index in [-0.39, 0.29) is 24.8 Å². The number of hydrogen-bond acceptors (Lipinski definition) is 4. The zero-order valence-corrected chi connectivity index (χ0v) is 20.2. The second kappa shape index (κ2) is 17.8. The van der Waals surface area contributed by atoms with Gasteiger partial charge in [0.15, 0.2) is 0 Å². The molecule has 0 aromatic heterocycles. The highest BCUT2D eigenvalue weighted by molar-refractivity contribution is 5.74. The van der Waals surface area contributed by atoms with E-state index in [0.717, 1.165) is 24.0 Å². The first-order valence-electron chi connectivity index (χ1n) is 12.5. The van der Waals surface area contributed by atoms with Crippen LogP contribution in [-0.2, 0) is 14.3 Å². The summed E-state index contributed by atoms with van der Waals surface area (Å²) < 4.78 is 10.6. The van der Waals surface area contributed by atoms with Crippen LogP contribution in [0.2, 0.25) is 0 Å². The first-order chi connectivity index (χ1) is 15.0. The monoisotopic (exact) mass is 432 g/mol. The predicted octanol–water partition coefficient (Wildman–Crippen LogP) is 7.62. The van der Waals surface area contributed by atoms with E-state index in [9.17, 15) is 9.59 Å². The Balaban J connectivity index is 1.91. The lowest BCUT2D eigenvalue weighted by Gasteiger charge is -2.07. The van der Waals surface area contributed by atoms with Gasteiger partial charge in [-0.05, 0) is 49.9 Å². The van der Waals surface area contributed by atoms with Crippen molar-refractivity contribution in [1.29, 1.82) is 0 Å². The third kappa shape index (κ3) is 14.7. The van der Waals surface area contributed by atoms with Crippen molar-refractivity contribution >= 4 is 11.9 Å². The summed E-state index contributed by atoms with van der Waals surface area (Å²) in [5.74, 6) is 0.0294. The molecule has 0 saturated carbocycles. The summed E-state index contributed by atoms with van der Waals surface area (Å²) in [5, 5.41) is 0. The van der Waals surface area contributed by atoms with Crippen LogP contribution in [0.15, 0.2) is 18.2 Å². The van der Waals surface area contributed by atoms with Crippen LogP contribution >= 0.6 is 0 Å². The lowest BCUT2D eigenvalue weighted by Crippen LogP contribution is -2.10. The summed E-state index contributed by atoms with van der Waals surface area (Å²) in [6, 6.07) is 5.59. The Hall–Kier alpha value is -1.84. The van der Waals surface area contributed by atoms with E-state index in [1.807, 2.05) is 26.0 Å². The number of benzene rings is 1. The Morgan fingerprint density at radius 1 is 0.677 bits per heavy atom. The van der Waals surface area contributed by atoms with E-state index >= 15 is 0 Å². The number of aryl methyl sites for hydroxylation is 2.